The first-order chi connectivity index (χ1) is 9.50. The van der Waals surface area contributed by atoms with Crippen molar-refractivity contribution in [2.75, 3.05) is 30.9 Å². The number of sulfone groups is 1. The van der Waals surface area contributed by atoms with E-state index in [0.29, 0.717) is 12.6 Å². The molecule has 0 saturated heterocycles. The van der Waals surface area contributed by atoms with Crippen molar-refractivity contribution >= 4 is 27.6 Å². The van der Waals surface area contributed by atoms with E-state index in [1.54, 1.807) is 6.92 Å². The molecule has 1 aliphatic carbocycles. The Hall–Kier alpha value is -0.430. The summed E-state index contributed by atoms with van der Waals surface area (Å²) in [5.74, 6) is 1.05. The van der Waals surface area contributed by atoms with Gasteiger partial charge in [0.1, 0.15) is 0 Å². The van der Waals surface area contributed by atoms with Crippen molar-refractivity contribution in [2.24, 2.45) is 4.99 Å². The van der Waals surface area contributed by atoms with E-state index in [1.165, 1.54) is 6.42 Å². The van der Waals surface area contributed by atoms with Crippen molar-refractivity contribution in [2.45, 2.75) is 44.4 Å². The molecular weight excluding hydrogens is 294 g/mol. The lowest BCUT2D eigenvalue weighted by Gasteiger charge is -2.17. The molecule has 0 aromatic carbocycles. The first-order valence-electron chi connectivity index (χ1n) is 7.28. The predicted octanol–water partition coefficient (Wildman–Crippen LogP) is 1.26. The van der Waals surface area contributed by atoms with E-state index in [-0.39, 0.29) is 11.5 Å². The Morgan fingerprint density at radius 1 is 1.35 bits per heavy atom. The Labute approximate surface area is 127 Å². The van der Waals surface area contributed by atoms with Crippen LogP contribution in [0.15, 0.2) is 4.99 Å². The third-order valence-electron chi connectivity index (χ3n) is 3.51. The highest BCUT2D eigenvalue weighted by molar-refractivity contribution is 7.99. The summed E-state index contributed by atoms with van der Waals surface area (Å²) >= 11 is 1.92. The quantitative estimate of drug-likeness (QED) is 0.546. The smallest absolute Gasteiger partial charge is 0.191 e. The molecule has 1 fully saturated rings. The molecule has 1 rings (SSSR count). The number of hydrogen-bond donors (Lipinski definition) is 2. The monoisotopic (exact) mass is 321 g/mol. The number of thioether (sulfide) groups is 1. The van der Waals surface area contributed by atoms with Gasteiger partial charge in [-0.25, -0.2) is 8.42 Å². The van der Waals surface area contributed by atoms with E-state index in [9.17, 15) is 8.42 Å². The number of guanidine groups is 1. The van der Waals surface area contributed by atoms with Crippen LogP contribution in [0.1, 0.15) is 33.1 Å². The van der Waals surface area contributed by atoms with Gasteiger partial charge in [-0.15, -0.1) is 0 Å². The summed E-state index contributed by atoms with van der Waals surface area (Å²) in [6.07, 6.45) is 5.70. The van der Waals surface area contributed by atoms with E-state index >= 15 is 0 Å². The number of rotatable bonds is 7. The third kappa shape index (κ3) is 6.35. The number of nitrogens with one attached hydrogen (secondary N) is 2. The molecule has 5 nitrogen and oxygen atoms in total. The van der Waals surface area contributed by atoms with Crippen molar-refractivity contribution in [3.05, 3.63) is 0 Å². The van der Waals surface area contributed by atoms with Crippen LogP contribution in [0.4, 0.5) is 0 Å². The molecule has 0 bridgehead atoms. The first kappa shape index (κ1) is 17.6. The van der Waals surface area contributed by atoms with E-state index in [4.69, 9.17) is 0 Å². The zero-order valence-corrected chi connectivity index (χ0v) is 14.3. The SMILES string of the molecule is CCNC(=NCCS(=O)(=O)CC)NC1CCC(SC)C1. The molecule has 0 amide bonds. The largest absolute Gasteiger partial charge is 0.357 e. The highest BCUT2D eigenvalue weighted by Crippen LogP contribution is 2.27. The molecule has 2 atom stereocenters. The van der Waals surface area contributed by atoms with Crippen molar-refractivity contribution < 1.29 is 8.42 Å². The Balaban J connectivity index is 2.47. The highest BCUT2D eigenvalue weighted by atomic mass is 32.2. The highest BCUT2D eigenvalue weighted by Gasteiger charge is 2.24. The van der Waals surface area contributed by atoms with Crippen LogP contribution in [-0.4, -0.2) is 56.5 Å². The van der Waals surface area contributed by atoms with Crippen LogP contribution in [0.25, 0.3) is 0 Å². The zero-order chi connectivity index (χ0) is 15.0. The van der Waals surface area contributed by atoms with Crippen molar-refractivity contribution in [3.8, 4) is 0 Å². The molecule has 0 aromatic heterocycles. The summed E-state index contributed by atoms with van der Waals surface area (Å²) in [7, 11) is -2.94. The molecule has 1 saturated carbocycles. The van der Waals surface area contributed by atoms with Crippen molar-refractivity contribution in [1.82, 2.24) is 10.6 Å². The molecule has 118 valence electrons. The second-order valence-corrected chi connectivity index (χ2v) is 8.62. The fourth-order valence-electron chi connectivity index (χ4n) is 2.24. The van der Waals surface area contributed by atoms with Gasteiger partial charge >= 0.3 is 0 Å². The maximum atomic E-state index is 11.5. The van der Waals surface area contributed by atoms with Crippen LogP contribution in [0.5, 0.6) is 0 Å². The molecule has 2 N–H and O–H groups in total. The molecule has 0 aromatic rings. The van der Waals surface area contributed by atoms with E-state index in [2.05, 4.69) is 21.9 Å². The number of aliphatic imine (C=N–C) groups is 1. The average molecular weight is 322 g/mol. The van der Waals surface area contributed by atoms with E-state index in [1.807, 2.05) is 18.7 Å². The summed E-state index contributed by atoms with van der Waals surface area (Å²) < 4.78 is 22.9. The first-order valence-corrected chi connectivity index (χ1v) is 10.4. The van der Waals surface area contributed by atoms with Gasteiger partial charge in [-0.3, -0.25) is 4.99 Å². The standard InChI is InChI=1S/C13H27N3O2S2/c1-4-14-13(15-8-9-20(17,18)5-2)16-11-6-7-12(10-11)19-3/h11-12H,4-10H2,1-3H3,(H2,14,15,16). The maximum absolute atomic E-state index is 11.5. The van der Waals surface area contributed by atoms with Gasteiger partial charge in [0.25, 0.3) is 0 Å². The zero-order valence-electron chi connectivity index (χ0n) is 12.7. The second kappa shape index (κ2) is 8.77. The Bertz CT molecular complexity index is 410. The van der Waals surface area contributed by atoms with E-state index < -0.39 is 9.84 Å². The van der Waals surface area contributed by atoms with Gasteiger partial charge in [0.2, 0.25) is 0 Å². The van der Waals surface area contributed by atoms with Crippen molar-refractivity contribution in [3.63, 3.8) is 0 Å². The lowest BCUT2D eigenvalue weighted by molar-refractivity contribution is 0.596. The van der Waals surface area contributed by atoms with Gasteiger partial charge in [0.05, 0.1) is 12.3 Å². The van der Waals surface area contributed by atoms with Crippen LogP contribution < -0.4 is 10.6 Å². The third-order valence-corrected chi connectivity index (χ3v) is 6.29. The summed E-state index contributed by atoms with van der Waals surface area (Å²) in [5.41, 5.74) is 0. The summed E-state index contributed by atoms with van der Waals surface area (Å²) in [6.45, 7) is 4.79. The topological polar surface area (TPSA) is 70.6 Å². The van der Waals surface area contributed by atoms with Gasteiger partial charge < -0.3 is 10.6 Å². The lowest BCUT2D eigenvalue weighted by atomic mass is 10.2. The molecular formula is C13H27N3O2S2. The minimum absolute atomic E-state index is 0.123. The van der Waals surface area contributed by atoms with Crippen molar-refractivity contribution in [1.29, 1.82) is 0 Å². The number of hydrogen-bond acceptors (Lipinski definition) is 4. The summed E-state index contributed by atoms with van der Waals surface area (Å²) in [4.78, 5) is 4.37. The van der Waals surface area contributed by atoms with Crippen LogP contribution in [0.2, 0.25) is 0 Å². The molecule has 7 heteroatoms. The molecule has 2 unspecified atom stereocenters. The second-order valence-electron chi connectivity index (χ2n) is 5.01. The molecule has 1 aliphatic rings. The average Bonchev–Trinajstić information content (AvgIpc) is 2.86. The fourth-order valence-corrected chi connectivity index (χ4v) is 3.69. The normalized spacial score (nSPS) is 23.9. The molecule has 0 aliphatic heterocycles. The Kier molecular flexibility index (Phi) is 7.72. The molecule has 0 heterocycles. The van der Waals surface area contributed by atoms with Gasteiger partial charge in [-0.1, -0.05) is 6.92 Å². The summed E-state index contributed by atoms with van der Waals surface area (Å²) in [6, 6.07) is 0.452. The van der Waals surface area contributed by atoms with Crippen LogP contribution in [0, 0.1) is 0 Å². The van der Waals surface area contributed by atoms with Crippen LogP contribution in [0.3, 0.4) is 0 Å². The maximum Gasteiger partial charge on any atom is 0.191 e. The van der Waals surface area contributed by atoms with Gasteiger partial charge in [-0.05, 0) is 32.4 Å². The Morgan fingerprint density at radius 2 is 2.10 bits per heavy atom. The summed E-state index contributed by atoms with van der Waals surface area (Å²) in [5, 5.41) is 7.33. The predicted molar refractivity (Wildman–Crippen MR) is 88.4 cm³/mol. The molecule has 0 radical (unpaired) electrons. The van der Waals surface area contributed by atoms with Crippen LogP contribution in [-0.2, 0) is 9.84 Å². The van der Waals surface area contributed by atoms with Gasteiger partial charge in [0.15, 0.2) is 15.8 Å². The molecule has 0 spiro atoms. The Morgan fingerprint density at radius 3 is 2.65 bits per heavy atom. The van der Waals surface area contributed by atoms with Crippen LogP contribution >= 0.6 is 11.8 Å². The van der Waals surface area contributed by atoms with Gasteiger partial charge in [0, 0.05) is 23.6 Å². The minimum atomic E-state index is -2.94. The van der Waals surface area contributed by atoms with Gasteiger partial charge in [-0.2, -0.15) is 11.8 Å². The van der Waals surface area contributed by atoms with E-state index in [0.717, 1.165) is 30.6 Å². The minimum Gasteiger partial charge on any atom is -0.357 e. The molecule has 20 heavy (non-hydrogen) atoms. The fraction of sp³-hybridized carbons (Fsp3) is 0.923. The number of nitrogens with zero attached hydrogens (tertiary/aromatic N) is 1. The lowest BCUT2D eigenvalue weighted by Crippen LogP contribution is -2.42.